The van der Waals surface area contributed by atoms with E-state index in [-0.39, 0.29) is 17.6 Å². The van der Waals surface area contributed by atoms with Gasteiger partial charge in [-0.2, -0.15) is 0 Å². The van der Waals surface area contributed by atoms with Gasteiger partial charge in [0.15, 0.2) is 11.6 Å². The summed E-state index contributed by atoms with van der Waals surface area (Å²) in [6.07, 6.45) is 0.586. The molecule has 0 saturated carbocycles. The topological polar surface area (TPSA) is 38.5 Å². The van der Waals surface area contributed by atoms with Crippen molar-refractivity contribution in [3.8, 4) is 5.75 Å². The van der Waals surface area contributed by atoms with Crippen molar-refractivity contribution in [3.05, 3.63) is 59.4 Å². The molecule has 2 N–H and O–H groups in total. The Morgan fingerprint density at radius 2 is 1.81 bits per heavy atom. The van der Waals surface area contributed by atoms with Gasteiger partial charge in [0.05, 0.1) is 7.11 Å². The molecule has 0 heterocycles. The molecule has 2 rings (SSSR count). The minimum absolute atomic E-state index is 0.158. The van der Waals surface area contributed by atoms with E-state index in [1.807, 2.05) is 49.3 Å². The average molecular weight is 288 g/mol. The molecule has 0 fully saturated rings. The van der Waals surface area contributed by atoms with Gasteiger partial charge in [-0.25, -0.2) is 4.39 Å². The van der Waals surface area contributed by atoms with Crippen LogP contribution in [0.3, 0.4) is 0 Å². The van der Waals surface area contributed by atoms with E-state index in [0.29, 0.717) is 6.42 Å². The monoisotopic (exact) mass is 288 g/mol. The zero-order valence-electron chi connectivity index (χ0n) is 12.6. The summed E-state index contributed by atoms with van der Waals surface area (Å²) < 4.78 is 18.6. The summed E-state index contributed by atoms with van der Waals surface area (Å²) in [5, 5.41) is 0. The molecule has 0 amide bonds. The smallest absolute Gasteiger partial charge is 0.165 e. The van der Waals surface area contributed by atoms with Gasteiger partial charge in [-0.3, -0.25) is 0 Å². The van der Waals surface area contributed by atoms with Gasteiger partial charge in [-0.05, 0) is 41.8 Å². The molecule has 21 heavy (non-hydrogen) atoms. The summed E-state index contributed by atoms with van der Waals surface area (Å²) in [6, 6.07) is 12.9. The van der Waals surface area contributed by atoms with E-state index < -0.39 is 0 Å². The molecule has 3 nitrogen and oxygen atoms in total. The Morgan fingerprint density at radius 3 is 2.33 bits per heavy atom. The molecule has 0 radical (unpaired) electrons. The first kappa shape index (κ1) is 15.3. The van der Waals surface area contributed by atoms with Crippen LogP contribution in [0.5, 0.6) is 5.75 Å². The molecule has 2 aromatic carbocycles. The summed E-state index contributed by atoms with van der Waals surface area (Å²) in [6.45, 7) is 0. The Morgan fingerprint density at radius 1 is 1.14 bits per heavy atom. The summed E-state index contributed by atoms with van der Waals surface area (Å²) in [5.41, 5.74) is 9.23. The maximum atomic E-state index is 13.7. The first-order valence-corrected chi connectivity index (χ1v) is 6.86. The van der Waals surface area contributed by atoms with E-state index in [1.54, 1.807) is 6.07 Å². The standard InChI is InChI=1S/C17H21FN2O/c1-20(2)14-7-5-13(6-8-14)16(19)11-12-4-9-17(21-3)15(18)10-12/h4-10,16H,11,19H2,1-3H3. The molecule has 0 spiro atoms. The van der Waals surface area contributed by atoms with E-state index in [1.165, 1.54) is 13.2 Å². The molecule has 2 aromatic rings. The highest BCUT2D eigenvalue weighted by Crippen LogP contribution is 2.23. The van der Waals surface area contributed by atoms with Crippen molar-refractivity contribution in [2.45, 2.75) is 12.5 Å². The lowest BCUT2D eigenvalue weighted by Crippen LogP contribution is -2.14. The number of nitrogens with zero attached hydrogens (tertiary/aromatic N) is 1. The van der Waals surface area contributed by atoms with Gasteiger partial charge < -0.3 is 15.4 Å². The highest BCUT2D eigenvalue weighted by Gasteiger charge is 2.10. The fourth-order valence-electron chi connectivity index (χ4n) is 2.23. The summed E-state index contributed by atoms with van der Waals surface area (Å²) in [5.74, 6) is -0.104. The van der Waals surface area contributed by atoms with Crippen LogP contribution < -0.4 is 15.4 Å². The number of hydrogen-bond donors (Lipinski definition) is 1. The average Bonchev–Trinajstić information content (AvgIpc) is 2.47. The van der Waals surface area contributed by atoms with Crippen LogP contribution in [0.25, 0.3) is 0 Å². The number of hydrogen-bond acceptors (Lipinski definition) is 3. The van der Waals surface area contributed by atoms with E-state index in [0.717, 1.165) is 16.8 Å². The largest absolute Gasteiger partial charge is 0.494 e. The molecular formula is C17H21FN2O. The van der Waals surface area contributed by atoms with Gasteiger partial charge in [0.1, 0.15) is 0 Å². The molecule has 0 bridgehead atoms. The fourth-order valence-corrected chi connectivity index (χ4v) is 2.23. The van der Waals surface area contributed by atoms with Crippen molar-refractivity contribution in [2.24, 2.45) is 5.73 Å². The highest BCUT2D eigenvalue weighted by molar-refractivity contribution is 5.46. The van der Waals surface area contributed by atoms with Crippen LogP contribution in [0.2, 0.25) is 0 Å². The molecule has 0 aromatic heterocycles. The molecule has 0 saturated heterocycles. The number of ether oxygens (including phenoxy) is 1. The normalized spacial score (nSPS) is 12.0. The summed E-state index contributed by atoms with van der Waals surface area (Å²) >= 11 is 0. The predicted molar refractivity (Wildman–Crippen MR) is 84.4 cm³/mol. The van der Waals surface area contributed by atoms with E-state index in [9.17, 15) is 4.39 Å². The summed E-state index contributed by atoms with van der Waals surface area (Å²) in [7, 11) is 5.44. The first-order chi connectivity index (χ1) is 10.0. The highest BCUT2D eigenvalue weighted by atomic mass is 19.1. The van der Waals surface area contributed by atoms with Crippen LogP contribution in [0.4, 0.5) is 10.1 Å². The van der Waals surface area contributed by atoms with Crippen LogP contribution >= 0.6 is 0 Å². The third-order valence-electron chi connectivity index (χ3n) is 3.51. The van der Waals surface area contributed by atoms with E-state index in [2.05, 4.69) is 0 Å². The van der Waals surface area contributed by atoms with Crippen molar-refractivity contribution in [3.63, 3.8) is 0 Å². The summed E-state index contributed by atoms with van der Waals surface area (Å²) in [4.78, 5) is 2.04. The minimum atomic E-state index is -0.356. The van der Waals surface area contributed by atoms with Crippen molar-refractivity contribution >= 4 is 5.69 Å². The van der Waals surface area contributed by atoms with Crippen molar-refractivity contribution in [2.75, 3.05) is 26.1 Å². The Hall–Kier alpha value is -2.07. The zero-order chi connectivity index (χ0) is 15.4. The third-order valence-corrected chi connectivity index (χ3v) is 3.51. The molecule has 0 aliphatic carbocycles. The number of benzene rings is 2. The lowest BCUT2D eigenvalue weighted by molar-refractivity contribution is 0.386. The molecular weight excluding hydrogens is 267 g/mol. The van der Waals surface area contributed by atoms with Gasteiger partial charge in [-0.15, -0.1) is 0 Å². The van der Waals surface area contributed by atoms with Crippen LogP contribution in [0.1, 0.15) is 17.2 Å². The molecule has 112 valence electrons. The van der Waals surface area contributed by atoms with Crippen molar-refractivity contribution < 1.29 is 9.13 Å². The SMILES string of the molecule is COc1ccc(CC(N)c2ccc(N(C)C)cc2)cc1F. The van der Waals surface area contributed by atoms with Crippen molar-refractivity contribution in [1.82, 2.24) is 0 Å². The molecule has 0 aliphatic heterocycles. The van der Waals surface area contributed by atoms with Gasteiger partial charge >= 0.3 is 0 Å². The first-order valence-electron chi connectivity index (χ1n) is 6.86. The van der Waals surface area contributed by atoms with Crippen LogP contribution in [0.15, 0.2) is 42.5 Å². The molecule has 1 unspecified atom stereocenters. The Balaban J connectivity index is 2.10. The van der Waals surface area contributed by atoms with Crippen LogP contribution in [-0.4, -0.2) is 21.2 Å². The fraction of sp³-hybridized carbons (Fsp3) is 0.294. The number of methoxy groups -OCH3 is 1. The van der Waals surface area contributed by atoms with E-state index in [4.69, 9.17) is 10.5 Å². The molecule has 0 aliphatic rings. The van der Waals surface area contributed by atoms with Gasteiger partial charge in [0.2, 0.25) is 0 Å². The zero-order valence-corrected chi connectivity index (χ0v) is 12.6. The lowest BCUT2D eigenvalue weighted by atomic mass is 9.99. The quantitative estimate of drug-likeness (QED) is 0.918. The maximum absolute atomic E-state index is 13.7. The predicted octanol–water partition coefficient (Wildman–Crippen LogP) is 3.14. The van der Waals surface area contributed by atoms with Gasteiger partial charge in [0, 0.05) is 25.8 Å². The minimum Gasteiger partial charge on any atom is -0.494 e. The second kappa shape index (κ2) is 6.59. The van der Waals surface area contributed by atoms with Gasteiger partial charge in [0.25, 0.3) is 0 Å². The maximum Gasteiger partial charge on any atom is 0.165 e. The third kappa shape index (κ3) is 3.73. The number of rotatable bonds is 5. The Bertz CT molecular complexity index is 596. The lowest BCUT2D eigenvalue weighted by Gasteiger charge is -2.16. The van der Waals surface area contributed by atoms with Crippen LogP contribution in [0, 0.1) is 5.82 Å². The second-order valence-corrected chi connectivity index (χ2v) is 5.27. The number of halogens is 1. The van der Waals surface area contributed by atoms with E-state index >= 15 is 0 Å². The molecule has 4 heteroatoms. The van der Waals surface area contributed by atoms with Crippen LogP contribution in [-0.2, 0) is 6.42 Å². The molecule has 1 atom stereocenters. The van der Waals surface area contributed by atoms with Crippen molar-refractivity contribution in [1.29, 1.82) is 0 Å². The Labute approximate surface area is 125 Å². The Kier molecular flexibility index (Phi) is 4.81. The van der Waals surface area contributed by atoms with Gasteiger partial charge in [-0.1, -0.05) is 18.2 Å². The number of nitrogens with two attached hydrogens (primary N) is 1. The second-order valence-electron chi connectivity index (χ2n) is 5.27. The number of anilines is 1.